The maximum absolute atomic E-state index is 12.7. The number of carbonyl (C=O) groups is 2. The van der Waals surface area contributed by atoms with Gasteiger partial charge in [0.25, 0.3) is 0 Å². The van der Waals surface area contributed by atoms with Crippen LogP contribution in [0.1, 0.15) is 64.4 Å². The second-order valence-corrected chi connectivity index (χ2v) is 10.8. The van der Waals surface area contributed by atoms with Crippen molar-refractivity contribution in [1.29, 1.82) is 0 Å². The highest BCUT2D eigenvalue weighted by Gasteiger charge is 2.43. The molecular formula is C29H38N2O5. The molecule has 1 N–H and O–H groups in total. The quantitative estimate of drug-likeness (QED) is 0.515. The summed E-state index contributed by atoms with van der Waals surface area (Å²) < 4.78 is 16.7. The molecule has 4 atom stereocenters. The average molecular weight is 495 g/mol. The van der Waals surface area contributed by atoms with Crippen LogP contribution in [0.2, 0.25) is 0 Å². The number of ether oxygens (including phenoxy) is 3. The van der Waals surface area contributed by atoms with Gasteiger partial charge in [-0.15, -0.1) is 0 Å². The van der Waals surface area contributed by atoms with Crippen LogP contribution in [-0.4, -0.2) is 54.4 Å². The van der Waals surface area contributed by atoms with Crippen molar-refractivity contribution in [3.8, 4) is 5.75 Å². The van der Waals surface area contributed by atoms with Crippen LogP contribution in [0.15, 0.2) is 54.6 Å². The van der Waals surface area contributed by atoms with Gasteiger partial charge in [0.05, 0.1) is 13.7 Å². The molecule has 2 fully saturated rings. The zero-order valence-electron chi connectivity index (χ0n) is 21.7. The third-order valence-electron chi connectivity index (χ3n) is 6.82. The molecule has 1 unspecified atom stereocenters. The molecule has 1 saturated heterocycles. The Morgan fingerprint density at radius 1 is 1.00 bits per heavy atom. The summed E-state index contributed by atoms with van der Waals surface area (Å²) in [5, 5.41) is 3.70. The fraction of sp³-hybridized carbons (Fsp3) is 0.517. The number of likely N-dealkylation sites (tertiary alicyclic amines) is 1. The lowest BCUT2D eigenvalue weighted by Crippen LogP contribution is -2.44. The molecule has 2 aromatic carbocycles. The van der Waals surface area contributed by atoms with Crippen LogP contribution in [0, 0.1) is 0 Å². The Morgan fingerprint density at radius 2 is 1.78 bits per heavy atom. The van der Waals surface area contributed by atoms with Gasteiger partial charge in [0.1, 0.15) is 23.5 Å². The highest BCUT2D eigenvalue weighted by molar-refractivity contribution is 5.82. The van der Waals surface area contributed by atoms with Gasteiger partial charge in [0, 0.05) is 24.2 Å². The SMILES string of the molecule is COC(=O)[C@@H]1C[C@H](Oc2cccc(N[C@@H]3CCCC(c4ccccc4)C3)c2)CN1C(=O)OC(C)(C)C. The van der Waals surface area contributed by atoms with Gasteiger partial charge in [0.2, 0.25) is 0 Å². The number of methoxy groups -OCH3 is 1. The lowest BCUT2D eigenvalue weighted by molar-refractivity contribution is -0.145. The van der Waals surface area contributed by atoms with Gasteiger partial charge in [-0.05, 0) is 63.6 Å². The number of hydrogen-bond acceptors (Lipinski definition) is 6. The molecule has 7 heteroatoms. The number of anilines is 1. The molecule has 194 valence electrons. The van der Waals surface area contributed by atoms with Crippen LogP contribution >= 0.6 is 0 Å². The van der Waals surface area contributed by atoms with Crippen LogP contribution in [0.3, 0.4) is 0 Å². The number of nitrogens with one attached hydrogen (secondary N) is 1. The van der Waals surface area contributed by atoms with E-state index in [1.165, 1.54) is 30.4 Å². The van der Waals surface area contributed by atoms with Gasteiger partial charge in [-0.3, -0.25) is 4.90 Å². The first-order valence-electron chi connectivity index (χ1n) is 12.9. The Kier molecular flexibility index (Phi) is 8.07. The lowest BCUT2D eigenvalue weighted by atomic mass is 9.81. The van der Waals surface area contributed by atoms with E-state index in [2.05, 4.69) is 41.7 Å². The highest BCUT2D eigenvalue weighted by Crippen LogP contribution is 2.35. The molecule has 1 aliphatic carbocycles. The molecule has 1 heterocycles. The van der Waals surface area contributed by atoms with E-state index < -0.39 is 23.7 Å². The van der Waals surface area contributed by atoms with E-state index in [1.54, 1.807) is 20.8 Å². The molecule has 1 aliphatic heterocycles. The Balaban J connectivity index is 1.38. The molecule has 1 amide bonds. The Bertz CT molecular complexity index is 1040. The van der Waals surface area contributed by atoms with Crippen molar-refractivity contribution in [2.45, 2.75) is 82.6 Å². The fourth-order valence-electron chi connectivity index (χ4n) is 5.20. The number of nitrogens with zero attached hydrogens (tertiary/aromatic N) is 1. The van der Waals surface area contributed by atoms with Crippen LogP contribution < -0.4 is 10.1 Å². The van der Waals surface area contributed by atoms with E-state index in [9.17, 15) is 9.59 Å². The van der Waals surface area contributed by atoms with Gasteiger partial charge in [-0.1, -0.05) is 42.8 Å². The summed E-state index contributed by atoms with van der Waals surface area (Å²) in [4.78, 5) is 26.5. The van der Waals surface area contributed by atoms with Gasteiger partial charge in [-0.2, -0.15) is 0 Å². The molecule has 0 bridgehead atoms. The first-order valence-corrected chi connectivity index (χ1v) is 12.9. The summed E-state index contributed by atoms with van der Waals surface area (Å²) in [7, 11) is 1.33. The van der Waals surface area contributed by atoms with Crippen molar-refractivity contribution in [2.24, 2.45) is 0 Å². The number of rotatable bonds is 6. The summed E-state index contributed by atoms with van der Waals surface area (Å²) in [5.41, 5.74) is 1.77. The summed E-state index contributed by atoms with van der Waals surface area (Å²) in [5.74, 6) is 0.812. The van der Waals surface area contributed by atoms with Crippen molar-refractivity contribution in [3.05, 3.63) is 60.2 Å². The van der Waals surface area contributed by atoms with Crippen LogP contribution in [0.5, 0.6) is 5.75 Å². The molecule has 2 aliphatic rings. The first kappa shape index (κ1) is 25.9. The van der Waals surface area contributed by atoms with E-state index in [1.807, 2.05) is 18.2 Å². The summed E-state index contributed by atoms with van der Waals surface area (Å²) in [6.07, 6.45) is 4.14. The van der Waals surface area contributed by atoms with Gasteiger partial charge in [-0.25, -0.2) is 9.59 Å². The van der Waals surface area contributed by atoms with Crippen molar-refractivity contribution in [2.75, 3.05) is 19.0 Å². The summed E-state index contributed by atoms with van der Waals surface area (Å²) in [6.45, 7) is 5.66. The third kappa shape index (κ3) is 6.71. The fourth-order valence-corrected chi connectivity index (χ4v) is 5.20. The summed E-state index contributed by atoms with van der Waals surface area (Å²) >= 11 is 0. The minimum atomic E-state index is -0.728. The van der Waals surface area contributed by atoms with Crippen LogP contribution in [0.4, 0.5) is 10.5 Å². The van der Waals surface area contributed by atoms with Crippen molar-refractivity contribution >= 4 is 17.7 Å². The second-order valence-electron chi connectivity index (χ2n) is 10.8. The van der Waals surface area contributed by atoms with Crippen LogP contribution in [-0.2, 0) is 14.3 Å². The maximum atomic E-state index is 12.7. The standard InChI is InChI=1S/C29H38N2O5/c1-29(2,3)36-28(33)31-19-25(18-26(31)27(32)34-4)35-24-15-9-14-23(17-24)30-22-13-8-12-21(16-22)20-10-6-5-7-11-20/h5-7,9-11,14-15,17,21-22,25-26,30H,8,12-13,16,18-19H2,1-4H3/t21?,22-,25+,26+/m1/s1. The Morgan fingerprint density at radius 3 is 2.50 bits per heavy atom. The molecule has 0 aromatic heterocycles. The molecule has 4 rings (SSSR count). The molecular weight excluding hydrogens is 456 g/mol. The predicted molar refractivity (Wildman–Crippen MR) is 139 cm³/mol. The molecule has 1 saturated carbocycles. The highest BCUT2D eigenvalue weighted by atomic mass is 16.6. The molecule has 0 spiro atoms. The van der Waals surface area contributed by atoms with E-state index in [4.69, 9.17) is 14.2 Å². The normalized spacial score (nSPS) is 24.2. The number of esters is 1. The van der Waals surface area contributed by atoms with E-state index in [0.717, 1.165) is 18.5 Å². The zero-order chi connectivity index (χ0) is 25.7. The van der Waals surface area contributed by atoms with Gasteiger partial charge < -0.3 is 19.5 Å². The predicted octanol–water partition coefficient (Wildman–Crippen LogP) is 5.75. The average Bonchev–Trinajstić information content (AvgIpc) is 3.27. The Labute approximate surface area is 214 Å². The van der Waals surface area contributed by atoms with E-state index >= 15 is 0 Å². The molecule has 2 aromatic rings. The first-order chi connectivity index (χ1) is 17.2. The third-order valence-corrected chi connectivity index (χ3v) is 6.82. The van der Waals surface area contributed by atoms with Gasteiger partial charge in [0.15, 0.2) is 0 Å². The van der Waals surface area contributed by atoms with Gasteiger partial charge >= 0.3 is 12.1 Å². The topological polar surface area (TPSA) is 77.1 Å². The number of carbonyl (C=O) groups excluding carboxylic acids is 2. The van der Waals surface area contributed by atoms with Crippen molar-refractivity contribution in [3.63, 3.8) is 0 Å². The second kappa shape index (κ2) is 11.2. The molecule has 7 nitrogen and oxygen atoms in total. The zero-order valence-corrected chi connectivity index (χ0v) is 21.7. The minimum absolute atomic E-state index is 0.258. The van der Waals surface area contributed by atoms with Crippen LogP contribution in [0.25, 0.3) is 0 Å². The maximum Gasteiger partial charge on any atom is 0.411 e. The van der Waals surface area contributed by atoms with Crippen molar-refractivity contribution in [1.82, 2.24) is 4.90 Å². The van der Waals surface area contributed by atoms with E-state index in [-0.39, 0.29) is 12.6 Å². The van der Waals surface area contributed by atoms with Crippen molar-refractivity contribution < 1.29 is 23.8 Å². The smallest absolute Gasteiger partial charge is 0.411 e. The monoisotopic (exact) mass is 494 g/mol. The lowest BCUT2D eigenvalue weighted by Gasteiger charge is -2.31. The Hall–Kier alpha value is -3.22. The number of amides is 1. The molecule has 0 radical (unpaired) electrons. The largest absolute Gasteiger partial charge is 0.488 e. The molecule has 36 heavy (non-hydrogen) atoms. The summed E-state index contributed by atoms with van der Waals surface area (Å²) in [6, 6.07) is 18.3. The van der Waals surface area contributed by atoms with E-state index in [0.29, 0.717) is 24.1 Å². The number of hydrogen-bond donors (Lipinski definition) is 1. The number of benzene rings is 2. The minimum Gasteiger partial charge on any atom is -0.488 e.